The Morgan fingerprint density at radius 1 is 1.22 bits per heavy atom. The van der Waals surface area contributed by atoms with Crippen molar-refractivity contribution in [2.24, 2.45) is 0 Å². The van der Waals surface area contributed by atoms with E-state index in [1.165, 1.54) is 11.3 Å². The largest absolute Gasteiger partial charge is 0.295 e. The Kier molecular flexibility index (Phi) is 5.46. The topological polar surface area (TPSA) is 80.7 Å². The molecule has 0 saturated carbocycles. The van der Waals surface area contributed by atoms with Crippen LogP contribution in [-0.4, -0.2) is 31.4 Å². The quantitative estimate of drug-likeness (QED) is 0.535. The number of carbonyl (C=O) groups excluding carboxylic acids is 1. The van der Waals surface area contributed by atoms with Crippen LogP contribution in [0.4, 0.5) is 5.13 Å². The van der Waals surface area contributed by atoms with Gasteiger partial charge in [-0.3, -0.25) is 10.1 Å². The van der Waals surface area contributed by atoms with Crippen LogP contribution >= 0.6 is 34.6 Å². The molecule has 116 valence electrons. The van der Waals surface area contributed by atoms with Crippen LogP contribution in [0.3, 0.4) is 0 Å². The van der Waals surface area contributed by atoms with Gasteiger partial charge in [-0.05, 0) is 17.1 Å². The van der Waals surface area contributed by atoms with Gasteiger partial charge in [-0.1, -0.05) is 70.1 Å². The molecule has 9 heteroatoms. The minimum absolute atomic E-state index is 0.283. The molecular formula is C14H11N5OS3. The minimum atomic E-state index is -0.324. The highest BCUT2D eigenvalue weighted by molar-refractivity contribution is 8.01. The zero-order valence-corrected chi connectivity index (χ0v) is 14.2. The van der Waals surface area contributed by atoms with Gasteiger partial charge >= 0.3 is 0 Å². The second-order valence-electron chi connectivity index (χ2n) is 4.24. The van der Waals surface area contributed by atoms with Crippen molar-refractivity contribution >= 4 is 51.7 Å². The van der Waals surface area contributed by atoms with Gasteiger partial charge < -0.3 is 0 Å². The van der Waals surface area contributed by atoms with Gasteiger partial charge in [0.15, 0.2) is 10.0 Å². The molecule has 0 radical (unpaired) electrons. The highest BCUT2D eigenvalue weighted by Gasteiger charge is 2.12. The van der Waals surface area contributed by atoms with Crippen molar-refractivity contribution in [3.63, 3.8) is 0 Å². The lowest BCUT2D eigenvalue weighted by atomic mass is 10.2. The highest BCUT2D eigenvalue weighted by Crippen LogP contribution is 2.25. The molecule has 0 atom stereocenters. The molecule has 0 spiro atoms. The third-order valence-corrected chi connectivity index (χ3v) is 5.06. The van der Waals surface area contributed by atoms with E-state index in [2.05, 4.69) is 37.3 Å². The number of rotatable bonds is 6. The Bertz CT molecular complexity index is 786. The van der Waals surface area contributed by atoms with Gasteiger partial charge in [-0.15, -0.1) is 15.3 Å². The molecule has 3 aromatic rings. The SMILES string of the molecule is O=C(Nc1nnc(SCC=Cc2ccccc2)s1)c1csnn1. The van der Waals surface area contributed by atoms with Crippen molar-refractivity contribution in [2.75, 3.05) is 11.1 Å². The van der Waals surface area contributed by atoms with Crippen LogP contribution in [0.5, 0.6) is 0 Å². The highest BCUT2D eigenvalue weighted by atomic mass is 32.2. The summed E-state index contributed by atoms with van der Waals surface area (Å²) in [7, 11) is 0. The fourth-order valence-electron chi connectivity index (χ4n) is 1.61. The molecule has 1 aromatic carbocycles. The Labute approximate surface area is 144 Å². The number of amides is 1. The molecule has 0 fully saturated rings. The number of nitrogens with zero attached hydrogens (tertiary/aromatic N) is 4. The van der Waals surface area contributed by atoms with Crippen LogP contribution in [0.15, 0.2) is 46.1 Å². The minimum Gasteiger partial charge on any atom is -0.295 e. The lowest BCUT2D eigenvalue weighted by Gasteiger charge is -1.94. The van der Waals surface area contributed by atoms with Crippen LogP contribution < -0.4 is 5.32 Å². The van der Waals surface area contributed by atoms with Gasteiger partial charge in [0, 0.05) is 11.1 Å². The molecular weight excluding hydrogens is 350 g/mol. The van der Waals surface area contributed by atoms with E-state index in [0.717, 1.165) is 27.2 Å². The van der Waals surface area contributed by atoms with E-state index in [4.69, 9.17) is 0 Å². The molecule has 1 amide bonds. The predicted molar refractivity (Wildman–Crippen MR) is 94.0 cm³/mol. The van der Waals surface area contributed by atoms with E-state index in [0.29, 0.717) is 5.13 Å². The zero-order valence-electron chi connectivity index (χ0n) is 11.7. The summed E-state index contributed by atoms with van der Waals surface area (Å²) < 4.78 is 4.45. The molecule has 23 heavy (non-hydrogen) atoms. The summed E-state index contributed by atoms with van der Waals surface area (Å²) in [5.74, 6) is 0.462. The van der Waals surface area contributed by atoms with Crippen LogP contribution in [0.25, 0.3) is 6.08 Å². The Balaban J connectivity index is 1.49. The van der Waals surface area contributed by atoms with Gasteiger partial charge in [0.1, 0.15) is 0 Å². The fourth-order valence-corrected chi connectivity index (χ4v) is 3.63. The summed E-state index contributed by atoms with van der Waals surface area (Å²) in [6.45, 7) is 0. The van der Waals surface area contributed by atoms with E-state index in [1.54, 1.807) is 17.1 Å². The number of aromatic nitrogens is 4. The first-order valence-corrected chi connectivity index (χ1v) is 9.21. The van der Waals surface area contributed by atoms with Crippen LogP contribution in [0.2, 0.25) is 0 Å². The molecule has 0 saturated heterocycles. The number of hydrogen-bond acceptors (Lipinski definition) is 8. The Morgan fingerprint density at radius 3 is 2.87 bits per heavy atom. The van der Waals surface area contributed by atoms with Crippen molar-refractivity contribution in [2.45, 2.75) is 4.34 Å². The maximum absolute atomic E-state index is 11.8. The Hall–Kier alpha value is -2.10. The fraction of sp³-hybridized carbons (Fsp3) is 0.0714. The van der Waals surface area contributed by atoms with Crippen molar-refractivity contribution in [3.8, 4) is 0 Å². The van der Waals surface area contributed by atoms with Gasteiger partial charge in [0.2, 0.25) is 5.13 Å². The second kappa shape index (κ2) is 7.95. The van der Waals surface area contributed by atoms with E-state index in [9.17, 15) is 4.79 Å². The lowest BCUT2D eigenvalue weighted by Crippen LogP contribution is -2.12. The molecule has 0 aliphatic carbocycles. The standard InChI is InChI=1S/C14H11N5OS3/c20-12(11-9-22-19-16-11)15-13-17-18-14(23-13)21-8-4-7-10-5-2-1-3-6-10/h1-7,9H,8H2,(H,15,17,20). The van der Waals surface area contributed by atoms with Gasteiger partial charge in [-0.25, -0.2) is 0 Å². The smallest absolute Gasteiger partial charge is 0.278 e. The zero-order chi connectivity index (χ0) is 15.9. The number of carbonyl (C=O) groups is 1. The molecule has 2 aromatic heterocycles. The van der Waals surface area contributed by atoms with Crippen molar-refractivity contribution in [3.05, 3.63) is 53.0 Å². The second-order valence-corrected chi connectivity index (χ2v) is 7.10. The molecule has 0 unspecified atom stereocenters. The molecule has 2 heterocycles. The van der Waals surface area contributed by atoms with E-state index in [1.807, 2.05) is 30.3 Å². The summed E-state index contributed by atoms with van der Waals surface area (Å²) in [6, 6.07) is 10.1. The number of benzene rings is 1. The Morgan fingerprint density at radius 2 is 2.09 bits per heavy atom. The van der Waals surface area contributed by atoms with E-state index >= 15 is 0 Å². The number of thioether (sulfide) groups is 1. The predicted octanol–water partition coefficient (Wildman–Crippen LogP) is 3.45. The van der Waals surface area contributed by atoms with Crippen LogP contribution in [0.1, 0.15) is 16.1 Å². The van der Waals surface area contributed by atoms with Gasteiger partial charge in [0.25, 0.3) is 5.91 Å². The van der Waals surface area contributed by atoms with Gasteiger partial charge in [0.05, 0.1) is 0 Å². The lowest BCUT2D eigenvalue weighted by molar-refractivity contribution is 0.102. The molecule has 6 nitrogen and oxygen atoms in total. The van der Waals surface area contributed by atoms with Crippen molar-refractivity contribution < 1.29 is 4.79 Å². The average molecular weight is 361 g/mol. The normalized spacial score (nSPS) is 11.0. The molecule has 1 N–H and O–H groups in total. The third-order valence-electron chi connectivity index (χ3n) is 2.63. The molecule has 0 aliphatic heterocycles. The van der Waals surface area contributed by atoms with Crippen LogP contribution in [-0.2, 0) is 0 Å². The first-order valence-electron chi connectivity index (χ1n) is 6.57. The first-order chi connectivity index (χ1) is 11.3. The molecule has 3 rings (SSSR count). The number of nitrogens with one attached hydrogen (secondary N) is 1. The monoisotopic (exact) mass is 361 g/mol. The molecule has 0 aliphatic rings. The molecule has 0 bridgehead atoms. The van der Waals surface area contributed by atoms with Crippen molar-refractivity contribution in [1.82, 2.24) is 19.8 Å². The maximum Gasteiger partial charge on any atom is 0.278 e. The summed E-state index contributed by atoms with van der Waals surface area (Å²) in [5.41, 5.74) is 1.44. The number of anilines is 1. The van der Waals surface area contributed by atoms with Crippen LogP contribution in [0, 0.1) is 0 Å². The van der Waals surface area contributed by atoms with E-state index in [-0.39, 0.29) is 11.6 Å². The summed E-state index contributed by atoms with van der Waals surface area (Å²) >= 11 is 4.03. The maximum atomic E-state index is 11.8. The van der Waals surface area contributed by atoms with Gasteiger partial charge in [-0.2, -0.15) is 0 Å². The van der Waals surface area contributed by atoms with E-state index < -0.39 is 0 Å². The summed E-state index contributed by atoms with van der Waals surface area (Å²) in [6.07, 6.45) is 4.13. The third kappa shape index (κ3) is 4.68. The summed E-state index contributed by atoms with van der Waals surface area (Å²) in [4.78, 5) is 11.8. The average Bonchev–Trinajstić information content (AvgIpc) is 3.24. The summed E-state index contributed by atoms with van der Waals surface area (Å²) in [5, 5.41) is 16.4. The van der Waals surface area contributed by atoms with Crippen molar-refractivity contribution in [1.29, 1.82) is 0 Å². The first kappa shape index (κ1) is 15.8. The number of hydrogen-bond donors (Lipinski definition) is 1.